The quantitative estimate of drug-likeness (QED) is 0.517. The molecule has 3 aliphatic heterocycles. The van der Waals surface area contributed by atoms with E-state index in [0.717, 1.165) is 25.7 Å². The zero-order chi connectivity index (χ0) is 24.6. The molecule has 1 aromatic carbocycles. The number of hydrogen-bond donors (Lipinski definition) is 3. The average molecular weight is 486 g/mol. The van der Waals surface area contributed by atoms with Gasteiger partial charge in [-0.05, 0) is 56.9 Å². The molecular weight excluding hydrogens is 450 g/mol. The minimum absolute atomic E-state index is 0.0428. The number of aliphatic hydroxyl groups excluding tert-OH is 1. The molecular formula is C26H35N3O6. The standard InChI is InChI=1S/C26H35N3O6/c1-2-34-18-10-8-17(9-11-18)27-23(31)20-19-12-13-26(35-19)21(20)25(33)29(14-15-30)22(26)24(32)28-16-6-4-3-5-7-16/h8-11,16,19-22,30H,2-7,12-15H2,1H3,(H,27,31)(H,28,32)/t19-,20+,21+,22?,26?/m1/s1. The van der Waals surface area contributed by atoms with Gasteiger partial charge >= 0.3 is 0 Å². The molecule has 9 heteroatoms. The lowest BCUT2D eigenvalue weighted by Crippen LogP contribution is -2.57. The van der Waals surface area contributed by atoms with Gasteiger partial charge in [-0.3, -0.25) is 14.4 Å². The Morgan fingerprint density at radius 1 is 1.14 bits per heavy atom. The van der Waals surface area contributed by atoms with E-state index in [1.807, 2.05) is 6.92 Å². The Kier molecular flexibility index (Phi) is 6.72. The summed E-state index contributed by atoms with van der Waals surface area (Å²) in [4.78, 5) is 42.0. The Labute approximate surface area is 205 Å². The first-order valence-corrected chi connectivity index (χ1v) is 12.9. The lowest BCUT2D eigenvalue weighted by molar-refractivity contribution is -0.142. The summed E-state index contributed by atoms with van der Waals surface area (Å²) in [6.07, 6.45) is 5.94. The van der Waals surface area contributed by atoms with Crippen molar-refractivity contribution in [2.75, 3.05) is 25.1 Å². The molecule has 190 valence electrons. The number of rotatable bonds is 8. The van der Waals surface area contributed by atoms with Crippen LogP contribution in [0.15, 0.2) is 24.3 Å². The van der Waals surface area contributed by atoms with Gasteiger partial charge in [0.25, 0.3) is 0 Å². The number of β-amino-alcohol motifs (C(OH)–C–C–N with tert-alkyl or cyclic N) is 1. The number of anilines is 1. The second-order valence-corrected chi connectivity index (χ2v) is 10.1. The lowest BCUT2D eigenvalue weighted by atomic mass is 9.70. The summed E-state index contributed by atoms with van der Waals surface area (Å²) in [7, 11) is 0. The first-order valence-electron chi connectivity index (χ1n) is 12.9. The number of nitrogens with one attached hydrogen (secondary N) is 2. The van der Waals surface area contributed by atoms with Crippen molar-refractivity contribution < 1.29 is 29.0 Å². The van der Waals surface area contributed by atoms with Crippen LogP contribution >= 0.6 is 0 Å². The number of ether oxygens (including phenoxy) is 2. The van der Waals surface area contributed by atoms with Crippen LogP contribution < -0.4 is 15.4 Å². The van der Waals surface area contributed by atoms with Crippen molar-refractivity contribution in [1.82, 2.24) is 10.2 Å². The lowest BCUT2D eigenvalue weighted by Gasteiger charge is -2.35. The highest BCUT2D eigenvalue weighted by molar-refractivity contribution is 6.02. The molecule has 2 bridgehead atoms. The zero-order valence-electron chi connectivity index (χ0n) is 20.2. The predicted molar refractivity (Wildman–Crippen MR) is 128 cm³/mol. The second-order valence-electron chi connectivity index (χ2n) is 10.1. The summed E-state index contributed by atoms with van der Waals surface area (Å²) >= 11 is 0. The average Bonchev–Trinajstić information content (AvgIpc) is 3.49. The van der Waals surface area contributed by atoms with Crippen molar-refractivity contribution in [3.05, 3.63) is 24.3 Å². The Balaban J connectivity index is 1.37. The van der Waals surface area contributed by atoms with Crippen molar-refractivity contribution in [1.29, 1.82) is 0 Å². The van der Waals surface area contributed by atoms with E-state index >= 15 is 0 Å². The van der Waals surface area contributed by atoms with Gasteiger partial charge in [-0.15, -0.1) is 0 Å². The van der Waals surface area contributed by atoms with E-state index in [9.17, 15) is 19.5 Å². The monoisotopic (exact) mass is 485 g/mol. The Morgan fingerprint density at radius 2 is 1.89 bits per heavy atom. The first kappa shape index (κ1) is 24.1. The molecule has 1 aromatic rings. The third-order valence-electron chi connectivity index (χ3n) is 8.08. The van der Waals surface area contributed by atoms with Gasteiger partial charge in [0.2, 0.25) is 17.7 Å². The Morgan fingerprint density at radius 3 is 2.57 bits per heavy atom. The fourth-order valence-corrected chi connectivity index (χ4v) is 6.66. The van der Waals surface area contributed by atoms with E-state index in [-0.39, 0.29) is 36.9 Å². The summed E-state index contributed by atoms with van der Waals surface area (Å²) in [5, 5.41) is 15.8. The number of hydrogen-bond acceptors (Lipinski definition) is 6. The van der Waals surface area contributed by atoms with Crippen LogP contribution in [0.4, 0.5) is 5.69 Å². The number of amides is 3. The summed E-state index contributed by atoms with van der Waals surface area (Å²) in [6, 6.07) is 6.36. The Bertz CT molecular complexity index is 962. The van der Waals surface area contributed by atoms with E-state index in [2.05, 4.69) is 10.6 Å². The number of aliphatic hydroxyl groups is 1. The number of carbonyl (C=O) groups excluding carboxylic acids is 3. The minimum atomic E-state index is -1.03. The van der Waals surface area contributed by atoms with Crippen LogP contribution in [0.1, 0.15) is 51.9 Å². The number of likely N-dealkylation sites (tertiary alicyclic amines) is 1. The first-order chi connectivity index (χ1) is 17.0. The summed E-state index contributed by atoms with van der Waals surface area (Å²) in [5.74, 6) is -1.50. The SMILES string of the molecule is CCOc1ccc(NC(=O)[C@@H]2[C@H]3C(=O)N(CCO)C(C(=O)NC4CCCCC4)C34CC[C@H]2O4)cc1. The minimum Gasteiger partial charge on any atom is -0.494 e. The maximum atomic E-state index is 13.6. The van der Waals surface area contributed by atoms with Crippen LogP contribution in [-0.4, -0.2) is 71.3 Å². The van der Waals surface area contributed by atoms with E-state index in [1.54, 1.807) is 24.3 Å². The van der Waals surface area contributed by atoms with Crippen molar-refractivity contribution in [3.8, 4) is 5.75 Å². The molecule has 5 atom stereocenters. The smallest absolute Gasteiger partial charge is 0.246 e. The van der Waals surface area contributed by atoms with Gasteiger partial charge < -0.3 is 30.1 Å². The third kappa shape index (κ3) is 4.18. The maximum absolute atomic E-state index is 13.6. The van der Waals surface area contributed by atoms with Crippen molar-refractivity contribution >= 4 is 23.4 Å². The van der Waals surface area contributed by atoms with Crippen LogP contribution in [-0.2, 0) is 19.1 Å². The summed E-state index contributed by atoms with van der Waals surface area (Å²) in [6.45, 7) is 2.25. The molecule has 1 saturated carbocycles. The molecule has 3 N–H and O–H groups in total. The molecule has 0 aromatic heterocycles. The molecule has 9 nitrogen and oxygen atoms in total. The highest BCUT2D eigenvalue weighted by Gasteiger charge is 2.74. The highest BCUT2D eigenvalue weighted by Crippen LogP contribution is 2.58. The van der Waals surface area contributed by atoms with Crippen molar-refractivity contribution in [2.45, 2.75) is 75.7 Å². The Hall–Kier alpha value is -2.65. The van der Waals surface area contributed by atoms with Gasteiger partial charge in [0.15, 0.2) is 0 Å². The van der Waals surface area contributed by atoms with Gasteiger partial charge in [0.1, 0.15) is 17.4 Å². The number of carbonyl (C=O) groups is 3. The molecule has 0 radical (unpaired) electrons. The number of fused-ring (bicyclic) bond motifs is 1. The molecule has 3 amide bonds. The van der Waals surface area contributed by atoms with E-state index in [4.69, 9.17) is 9.47 Å². The normalized spacial score (nSPS) is 31.9. The largest absolute Gasteiger partial charge is 0.494 e. The molecule has 5 rings (SSSR count). The van der Waals surface area contributed by atoms with Crippen LogP contribution in [0, 0.1) is 11.8 Å². The highest BCUT2D eigenvalue weighted by atomic mass is 16.5. The number of nitrogens with zero attached hydrogens (tertiary/aromatic N) is 1. The molecule has 1 spiro atoms. The molecule has 4 fully saturated rings. The molecule has 3 heterocycles. The van der Waals surface area contributed by atoms with E-state index in [0.29, 0.717) is 30.9 Å². The number of benzene rings is 1. The van der Waals surface area contributed by atoms with Crippen molar-refractivity contribution in [2.24, 2.45) is 11.8 Å². The molecule has 2 unspecified atom stereocenters. The van der Waals surface area contributed by atoms with Crippen molar-refractivity contribution in [3.63, 3.8) is 0 Å². The molecule has 1 aliphatic carbocycles. The maximum Gasteiger partial charge on any atom is 0.246 e. The summed E-state index contributed by atoms with van der Waals surface area (Å²) in [5.41, 5.74) is -0.421. The molecule has 3 saturated heterocycles. The van der Waals surface area contributed by atoms with Crippen LogP contribution in [0.25, 0.3) is 0 Å². The molecule has 35 heavy (non-hydrogen) atoms. The second kappa shape index (κ2) is 9.78. The summed E-state index contributed by atoms with van der Waals surface area (Å²) < 4.78 is 11.8. The van der Waals surface area contributed by atoms with Crippen LogP contribution in [0.5, 0.6) is 5.75 Å². The van der Waals surface area contributed by atoms with Crippen LogP contribution in [0.2, 0.25) is 0 Å². The zero-order valence-corrected chi connectivity index (χ0v) is 20.2. The topological polar surface area (TPSA) is 117 Å². The van der Waals surface area contributed by atoms with Gasteiger partial charge in [0, 0.05) is 18.3 Å². The molecule has 4 aliphatic rings. The van der Waals surface area contributed by atoms with Gasteiger partial charge in [-0.25, -0.2) is 0 Å². The van der Waals surface area contributed by atoms with E-state index < -0.39 is 29.6 Å². The third-order valence-corrected chi connectivity index (χ3v) is 8.08. The predicted octanol–water partition coefficient (Wildman–Crippen LogP) is 1.84. The van der Waals surface area contributed by atoms with E-state index in [1.165, 1.54) is 11.3 Å². The van der Waals surface area contributed by atoms with Crippen LogP contribution in [0.3, 0.4) is 0 Å². The fourth-order valence-electron chi connectivity index (χ4n) is 6.66. The fraction of sp³-hybridized carbons (Fsp3) is 0.654. The van der Waals surface area contributed by atoms with Gasteiger partial charge in [0.05, 0.1) is 31.2 Å². The van der Waals surface area contributed by atoms with Gasteiger partial charge in [-0.1, -0.05) is 19.3 Å². The van der Waals surface area contributed by atoms with Gasteiger partial charge in [-0.2, -0.15) is 0 Å².